The molecule has 0 N–H and O–H groups in total. The number of carbonyl (C=O) groups excluding carboxylic acids is 4. The van der Waals surface area contributed by atoms with Crippen LogP contribution < -0.4 is 9.64 Å². The van der Waals surface area contributed by atoms with E-state index in [4.69, 9.17) is 9.47 Å². The number of para-hydroxylation sites is 1. The summed E-state index contributed by atoms with van der Waals surface area (Å²) in [4.78, 5) is 53.6. The van der Waals surface area contributed by atoms with Gasteiger partial charge in [0.05, 0.1) is 24.8 Å². The summed E-state index contributed by atoms with van der Waals surface area (Å²) in [5, 5.41) is 0. The number of ether oxygens (including phenoxy) is 2. The van der Waals surface area contributed by atoms with Crippen molar-refractivity contribution in [1.82, 2.24) is 4.90 Å². The summed E-state index contributed by atoms with van der Waals surface area (Å²) >= 11 is 0. The number of imide groups is 1. The molecule has 0 bridgehead atoms. The monoisotopic (exact) mass is 472 g/mol. The van der Waals surface area contributed by atoms with Gasteiger partial charge in [0.1, 0.15) is 11.3 Å². The lowest BCUT2D eigenvalue weighted by atomic mass is 10.1. The van der Waals surface area contributed by atoms with Crippen LogP contribution in [0.4, 0.5) is 5.69 Å². The summed E-state index contributed by atoms with van der Waals surface area (Å²) < 4.78 is 10.6. The molecule has 1 heterocycles. The van der Waals surface area contributed by atoms with E-state index in [2.05, 4.69) is 0 Å². The third-order valence-corrected chi connectivity index (χ3v) is 5.71. The molecular weight excluding hydrogens is 448 g/mol. The van der Waals surface area contributed by atoms with Crippen molar-refractivity contribution in [3.63, 3.8) is 0 Å². The maximum absolute atomic E-state index is 12.9. The smallest absolute Gasteiger partial charge is 0.342 e. The number of hydrogen-bond donors (Lipinski definition) is 0. The second-order valence-electron chi connectivity index (χ2n) is 7.83. The van der Waals surface area contributed by atoms with Gasteiger partial charge in [-0.1, -0.05) is 36.4 Å². The number of benzene rings is 3. The molecule has 1 aliphatic heterocycles. The van der Waals surface area contributed by atoms with E-state index in [1.165, 1.54) is 18.1 Å². The number of hydrogen-bond acceptors (Lipinski definition) is 6. The molecule has 0 saturated carbocycles. The molecule has 0 atom stereocenters. The van der Waals surface area contributed by atoms with Crippen LogP contribution in [0.25, 0.3) is 0 Å². The lowest BCUT2D eigenvalue weighted by Gasteiger charge is -2.21. The number of esters is 1. The molecule has 8 heteroatoms. The van der Waals surface area contributed by atoms with Gasteiger partial charge in [-0.3, -0.25) is 19.3 Å². The zero-order chi connectivity index (χ0) is 24.9. The van der Waals surface area contributed by atoms with Gasteiger partial charge in [0, 0.05) is 12.2 Å². The van der Waals surface area contributed by atoms with Crippen molar-refractivity contribution in [1.29, 1.82) is 0 Å². The molecule has 0 unspecified atom stereocenters. The molecule has 3 aromatic carbocycles. The predicted molar refractivity (Wildman–Crippen MR) is 128 cm³/mol. The quantitative estimate of drug-likeness (QED) is 0.367. The molecule has 4 rings (SSSR count). The van der Waals surface area contributed by atoms with E-state index in [1.54, 1.807) is 48.5 Å². The van der Waals surface area contributed by atoms with Crippen molar-refractivity contribution in [2.45, 2.75) is 13.5 Å². The van der Waals surface area contributed by atoms with Gasteiger partial charge in [0.15, 0.2) is 6.61 Å². The third kappa shape index (κ3) is 4.77. The molecule has 0 spiro atoms. The highest BCUT2D eigenvalue weighted by molar-refractivity contribution is 6.21. The molecule has 3 amide bonds. The van der Waals surface area contributed by atoms with Gasteiger partial charge in [-0.2, -0.15) is 0 Å². The first-order valence-corrected chi connectivity index (χ1v) is 11.1. The molecular formula is C27H24N2O6. The van der Waals surface area contributed by atoms with Gasteiger partial charge in [-0.05, 0) is 48.9 Å². The maximum Gasteiger partial charge on any atom is 0.342 e. The Morgan fingerprint density at radius 3 is 2.11 bits per heavy atom. The number of nitrogens with zero attached hydrogens (tertiary/aromatic N) is 2. The first-order chi connectivity index (χ1) is 16.9. The Labute approximate surface area is 202 Å². The first kappa shape index (κ1) is 23.7. The van der Waals surface area contributed by atoms with Crippen molar-refractivity contribution in [3.8, 4) is 5.75 Å². The fourth-order valence-corrected chi connectivity index (χ4v) is 3.97. The van der Waals surface area contributed by atoms with Crippen LogP contribution in [0.3, 0.4) is 0 Å². The molecule has 3 aromatic rings. The molecule has 0 aromatic heterocycles. The third-order valence-electron chi connectivity index (χ3n) is 5.71. The second-order valence-corrected chi connectivity index (χ2v) is 7.83. The number of methoxy groups -OCH3 is 1. The van der Waals surface area contributed by atoms with E-state index in [1.807, 2.05) is 25.1 Å². The van der Waals surface area contributed by atoms with Gasteiger partial charge in [0.2, 0.25) is 0 Å². The van der Waals surface area contributed by atoms with Gasteiger partial charge < -0.3 is 14.4 Å². The zero-order valence-corrected chi connectivity index (χ0v) is 19.4. The molecule has 8 nitrogen and oxygen atoms in total. The second kappa shape index (κ2) is 10.2. The number of anilines is 1. The van der Waals surface area contributed by atoms with Crippen LogP contribution in [0.15, 0.2) is 72.8 Å². The summed E-state index contributed by atoms with van der Waals surface area (Å²) in [6.07, 6.45) is 0. The highest BCUT2D eigenvalue weighted by Gasteiger charge is 2.35. The van der Waals surface area contributed by atoms with Crippen molar-refractivity contribution in [2.75, 3.05) is 25.2 Å². The van der Waals surface area contributed by atoms with Crippen molar-refractivity contribution in [2.24, 2.45) is 0 Å². The summed E-state index contributed by atoms with van der Waals surface area (Å²) in [6.45, 7) is 1.78. The van der Waals surface area contributed by atoms with E-state index < -0.39 is 24.4 Å². The minimum atomic E-state index is -0.747. The number of fused-ring (bicyclic) bond motifs is 1. The highest BCUT2D eigenvalue weighted by atomic mass is 16.5. The molecule has 0 radical (unpaired) electrons. The maximum atomic E-state index is 12.9. The SMILES string of the molecule is CCN(C(=O)COC(=O)c1cc(CN2C(=O)c3ccccc3C2=O)ccc1OC)c1ccccc1. The van der Waals surface area contributed by atoms with Crippen LogP contribution in [0.5, 0.6) is 5.75 Å². The van der Waals surface area contributed by atoms with Crippen LogP contribution >= 0.6 is 0 Å². The topological polar surface area (TPSA) is 93.2 Å². The lowest BCUT2D eigenvalue weighted by molar-refractivity contribution is -0.121. The molecule has 0 saturated heterocycles. The first-order valence-electron chi connectivity index (χ1n) is 11.1. The Balaban J connectivity index is 1.48. The lowest BCUT2D eigenvalue weighted by Crippen LogP contribution is -2.34. The fraction of sp³-hybridized carbons (Fsp3) is 0.185. The molecule has 0 aliphatic carbocycles. The molecule has 0 fully saturated rings. The predicted octanol–water partition coefficient (Wildman–Crippen LogP) is 3.70. The number of amides is 3. The van der Waals surface area contributed by atoms with Crippen LogP contribution in [0, 0.1) is 0 Å². The molecule has 1 aliphatic rings. The summed E-state index contributed by atoms with van der Waals surface area (Å²) in [6, 6.07) is 20.5. The normalized spacial score (nSPS) is 12.3. The number of carbonyl (C=O) groups is 4. The van der Waals surface area contributed by atoms with E-state index in [9.17, 15) is 19.2 Å². The van der Waals surface area contributed by atoms with Crippen LogP contribution in [0.1, 0.15) is 43.6 Å². The molecule has 35 heavy (non-hydrogen) atoms. The summed E-state index contributed by atoms with van der Waals surface area (Å²) in [7, 11) is 1.41. The van der Waals surface area contributed by atoms with Crippen molar-refractivity contribution in [3.05, 3.63) is 95.1 Å². The van der Waals surface area contributed by atoms with Gasteiger partial charge in [-0.25, -0.2) is 4.79 Å². The summed E-state index contributed by atoms with van der Waals surface area (Å²) in [5.74, 6) is -1.64. The Kier molecular flexibility index (Phi) is 6.91. The largest absolute Gasteiger partial charge is 0.496 e. The minimum Gasteiger partial charge on any atom is -0.496 e. The van der Waals surface area contributed by atoms with E-state index >= 15 is 0 Å². The molecule has 178 valence electrons. The number of likely N-dealkylation sites (N-methyl/N-ethyl adjacent to an activating group) is 1. The summed E-state index contributed by atoms with van der Waals surface area (Å²) in [5.41, 5.74) is 2.04. The standard InChI is InChI=1S/C27H24N2O6/c1-3-28(19-9-5-4-6-10-19)24(30)17-35-27(33)22-15-18(13-14-23(22)34-2)16-29-25(31)20-11-7-8-12-21(20)26(29)32/h4-15H,3,16-17H2,1-2H3. The van der Waals surface area contributed by atoms with Gasteiger partial charge in [0.25, 0.3) is 17.7 Å². The average Bonchev–Trinajstić information content (AvgIpc) is 3.13. The highest BCUT2D eigenvalue weighted by Crippen LogP contribution is 2.27. The fourth-order valence-electron chi connectivity index (χ4n) is 3.97. The van der Waals surface area contributed by atoms with Gasteiger partial charge >= 0.3 is 5.97 Å². The van der Waals surface area contributed by atoms with Crippen molar-refractivity contribution < 1.29 is 28.7 Å². The van der Waals surface area contributed by atoms with Crippen LogP contribution in [-0.4, -0.2) is 48.9 Å². The Morgan fingerprint density at radius 2 is 1.51 bits per heavy atom. The Morgan fingerprint density at radius 1 is 0.886 bits per heavy atom. The van der Waals surface area contributed by atoms with E-state index in [0.29, 0.717) is 28.9 Å². The van der Waals surface area contributed by atoms with E-state index in [0.717, 1.165) is 4.90 Å². The Hall–Kier alpha value is -4.46. The van der Waals surface area contributed by atoms with E-state index in [-0.39, 0.29) is 23.8 Å². The Bertz CT molecular complexity index is 1250. The average molecular weight is 472 g/mol. The van der Waals surface area contributed by atoms with Gasteiger partial charge in [-0.15, -0.1) is 0 Å². The van der Waals surface area contributed by atoms with Crippen molar-refractivity contribution >= 4 is 29.4 Å². The minimum absolute atomic E-state index is 0.0207. The zero-order valence-electron chi connectivity index (χ0n) is 19.4. The van der Waals surface area contributed by atoms with Crippen LogP contribution in [0.2, 0.25) is 0 Å². The van der Waals surface area contributed by atoms with Crippen LogP contribution in [-0.2, 0) is 16.1 Å². The number of rotatable bonds is 8.